The predicted molar refractivity (Wildman–Crippen MR) is 80.2 cm³/mol. The summed E-state index contributed by atoms with van der Waals surface area (Å²) in [6, 6.07) is 13.5. The van der Waals surface area contributed by atoms with Gasteiger partial charge in [0.2, 0.25) is 0 Å². The molecule has 0 saturated carbocycles. The Morgan fingerprint density at radius 1 is 0.882 bits per heavy atom. The Balaban J connectivity index is 2.34. The zero-order valence-electron chi connectivity index (χ0n) is 8.58. The van der Waals surface area contributed by atoms with Crippen molar-refractivity contribution in [1.29, 1.82) is 0 Å². The molecule has 0 fully saturated rings. The van der Waals surface area contributed by atoms with Crippen molar-refractivity contribution >= 4 is 54.1 Å². The summed E-state index contributed by atoms with van der Waals surface area (Å²) in [4.78, 5) is 0. The second-order valence-electron chi connectivity index (χ2n) is 3.27. The van der Waals surface area contributed by atoms with Crippen LogP contribution < -0.4 is 0 Å². The minimum atomic E-state index is 0.706. The fourth-order valence-electron chi connectivity index (χ4n) is 1.24. The average Bonchev–Trinajstić information content (AvgIpc) is 2.29. The SMILES string of the molecule is Brc1cc(Br)c([O+]=[C-]c2ccccc2)c(Br)c1. The molecule has 0 radical (unpaired) electrons. The highest BCUT2D eigenvalue weighted by Gasteiger charge is 2.11. The maximum atomic E-state index is 5.54. The van der Waals surface area contributed by atoms with Gasteiger partial charge >= 0.3 is 12.0 Å². The number of halogens is 3. The molecular weight excluding hydrogens is 412 g/mol. The molecule has 2 rings (SSSR count). The first-order valence-corrected chi connectivity index (χ1v) is 7.17. The predicted octanol–water partition coefficient (Wildman–Crippen LogP) is 5.38. The smallest absolute Gasteiger partial charge is 0.293 e. The van der Waals surface area contributed by atoms with E-state index in [0.717, 1.165) is 19.0 Å². The van der Waals surface area contributed by atoms with Gasteiger partial charge in [-0.15, -0.1) is 24.3 Å². The Labute approximate surface area is 125 Å². The first-order chi connectivity index (χ1) is 8.16. The minimum Gasteiger partial charge on any atom is -0.293 e. The molecule has 4 heteroatoms. The summed E-state index contributed by atoms with van der Waals surface area (Å²) in [5.41, 5.74) is 0.897. The summed E-state index contributed by atoms with van der Waals surface area (Å²) in [6.07, 6.45) is 2.89. The molecule has 1 nitrogen and oxygen atoms in total. The van der Waals surface area contributed by atoms with Crippen LogP contribution in [0.1, 0.15) is 5.56 Å². The molecule has 0 aromatic heterocycles. The first-order valence-electron chi connectivity index (χ1n) is 4.79. The van der Waals surface area contributed by atoms with Crippen LogP contribution in [0.15, 0.2) is 55.9 Å². The lowest BCUT2D eigenvalue weighted by atomic mass is 10.2. The normalized spacial score (nSPS) is 11.0. The van der Waals surface area contributed by atoms with Gasteiger partial charge in [0.05, 0.1) is 8.95 Å². The molecule has 0 bridgehead atoms. The molecule has 0 heterocycles. The van der Waals surface area contributed by atoms with Crippen molar-refractivity contribution in [3.8, 4) is 5.75 Å². The molecule has 17 heavy (non-hydrogen) atoms. The molecule has 0 aliphatic carbocycles. The van der Waals surface area contributed by atoms with Crippen LogP contribution in [0.2, 0.25) is 0 Å². The number of hydrogen-bond donors (Lipinski definition) is 0. The molecule has 2 aromatic carbocycles. The Hall–Kier alpha value is -0.450. The Morgan fingerprint density at radius 3 is 2.06 bits per heavy atom. The largest absolute Gasteiger partial charge is 0.328 e. The van der Waals surface area contributed by atoms with Crippen molar-refractivity contribution in [3.63, 3.8) is 0 Å². The van der Waals surface area contributed by atoms with E-state index in [0.29, 0.717) is 5.75 Å². The van der Waals surface area contributed by atoms with Crippen molar-refractivity contribution in [2.75, 3.05) is 0 Å². The maximum absolute atomic E-state index is 5.54. The quantitative estimate of drug-likeness (QED) is 0.458. The topological polar surface area (TPSA) is 11.3 Å². The summed E-state index contributed by atoms with van der Waals surface area (Å²) in [7, 11) is 0. The Kier molecular flexibility index (Phi) is 4.54. The Bertz CT molecular complexity index is 527. The maximum Gasteiger partial charge on any atom is 0.328 e. The van der Waals surface area contributed by atoms with Crippen molar-refractivity contribution in [2.45, 2.75) is 0 Å². The monoisotopic (exact) mass is 416 g/mol. The molecule has 2 aromatic rings. The van der Waals surface area contributed by atoms with E-state index in [1.165, 1.54) is 0 Å². The van der Waals surface area contributed by atoms with Crippen LogP contribution in [0.3, 0.4) is 0 Å². The van der Waals surface area contributed by atoms with Crippen LogP contribution in [0.5, 0.6) is 5.75 Å². The fraction of sp³-hybridized carbons (Fsp3) is 0. The molecule has 86 valence electrons. The van der Waals surface area contributed by atoms with Gasteiger partial charge in [-0.1, -0.05) is 53.9 Å². The standard InChI is InChI=1S/C13H7Br3O/c14-10-6-11(15)13(12(16)7-10)17-8-9-4-2-1-3-5-9/h1-7H. The van der Waals surface area contributed by atoms with Gasteiger partial charge in [-0.25, -0.2) is 0 Å². The van der Waals surface area contributed by atoms with E-state index in [1.807, 2.05) is 42.5 Å². The van der Waals surface area contributed by atoms with Crippen LogP contribution in [0.4, 0.5) is 0 Å². The van der Waals surface area contributed by atoms with Crippen molar-refractivity contribution < 1.29 is 4.42 Å². The van der Waals surface area contributed by atoms with E-state index < -0.39 is 0 Å². The lowest BCUT2D eigenvalue weighted by Gasteiger charge is -1.97. The number of hydrogen-bond acceptors (Lipinski definition) is 0. The highest BCUT2D eigenvalue weighted by molar-refractivity contribution is 9.11. The molecule has 0 aliphatic heterocycles. The summed E-state index contributed by atoms with van der Waals surface area (Å²) < 4.78 is 8.25. The molecule has 0 spiro atoms. The zero-order chi connectivity index (χ0) is 12.3. The molecule has 0 unspecified atom stereocenters. The van der Waals surface area contributed by atoms with Crippen molar-refractivity contribution in [1.82, 2.24) is 0 Å². The van der Waals surface area contributed by atoms with Gasteiger partial charge in [0.25, 0.3) is 0 Å². The summed E-state index contributed by atoms with van der Waals surface area (Å²) in [6.45, 7) is 0. The van der Waals surface area contributed by atoms with Gasteiger partial charge < -0.3 is 0 Å². The second-order valence-corrected chi connectivity index (χ2v) is 5.89. The second kappa shape index (κ2) is 5.94. The molecule has 0 saturated heterocycles. The summed E-state index contributed by atoms with van der Waals surface area (Å²) >= 11 is 10.3. The van der Waals surface area contributed by atoms with Crippen LogP contribution in [-0.4, -0.2) is 6.29 Å². The van der Waals surface area contributed by atoms with Crippen LogP contribution >= 0.6 is 47.8 Å². The van der Waals surface area contributed by atoms with E-state index in [9.17, 15) is 0 Å². The molecule has 0 N–H and O–H groups in total. The van der Waals surface area contributed by atoms with Gasteiger partial charge in [-0.05, 0) is 17.7 Å². The highest BCUT2D eigenvalue weighted by Crippen LogP contribution is 2.36. The third-order valence-corrected chi connectivity index (χ3v) is 3.64. The van der Waals surface area contributed by atoms with Crippen LogP contribution in [0.25, 0.3) is 0 Å². The number of benzene rings is 2. The van der Waals surface area contributed by atoms with Gasteiger partial charge in [0.15, 0.2) is 0 Å². The van der Waals surface area contributed by atoms with Crippen molar-refractivity contribution in [2.24, 2.45) is 0 Å². The van der Waals surface area contributed by atoms with E-state index in [-0.39, 0.29) is 0 Å². The molecule has 0 atom stereocenters. The third-order valence-electron chi connectivity index (χ3n) is 2.01. The minimum absolute atomic E-state index is 0.706. The fourth-order valence-corrected chi connectivity index (χ4v) is 3.66. The highest BCUT2D eigenvalue weighted by atomic mass is 79.9. The average molecular weight is 419 g/mol. The number of rotatable bonds is 2. The zero-order valence-corrected chi connectivity index (χ0v) is 13.3. The third kappa shape index (κ3) is 3.50. The molecular formula is C13H7Br3O. The first kappa shape index (κ1) is 13.0. The van der Waals surface area contributed by atoms with Gasteiger partial charge in [0.1, 0.15) is 0 Å². The van der Waals surface area contributed by atoms with Gasteiger partial charge in [-0.3, -0.25) is 4.42 Å². The van der Waals surface area contributed by atoms with E-state index in [2.05, 4.69) is 54.1 Å². The summed E-state index contributed by atoms with van der Waals surface area (Å²) in [5.74, 6) is 0.706. The molecule has 0 aliphatic rings. The lowest BCUT2D eigenvalue weighted by Crippen LogP contribution is -1.82. The van der Waals surface area contributed by atoms with Gasteiger partial charge in [0, 0.05) is 4.47 Å². The lowest BCUT2D eigenvalue weighted by molar-refractivity contribution is 0.249. The molecule has 0 amide bonds. The summed E-state index contributed by atoms with van der Waals surface area (Å²) in [5, 5.41) is 0. The number of carbonyl (C=O) groups excluding carboxylic acids is 1. The van der Waals surface area contributed by atoms with E-state index >= 15 is 0 Å². The van der Waals surface area contributed by atoms with Gasteiger partial charge in [-0.2, -0.15) is 0 Å². The van der Waals surface area contributed by atoms with Crippen molar-refractivity contribution in [3.05, 3.63) is 61.4 Å². The Morgan fingerprint density at radius 2 is 1.47 bits per heavy atom. The van der Waals surface area contributed by atoms with E-state index in [1.54, 1.807) is 0 Å². The van der Waals surface area contributed by atoms with Crippen LogP contribution in [-0.2, 0) is 4.42 Å². The van der Waals surface area contributed by atoms with E-state index in [4.69, 9.17) is 4.42 Å². The van der Waals surface area contributed by atoms with Crippen LogP contribution in [0, 0.1) is 0 Å².